The van der Waals surface area contributed by atoms with Gasteiger partial charge in [-0.3, -0.25) is 0 Å². The van der Waals surface area contributed by atoms with Crippen LogP contribution in [-0.4, -0.2) is 0 Å². The van der Waals surface area contributed by atoms with Gasteiger partial charge in [0.2, 0.25) is 0 Å². The van der Waals surface area contributed by atoms with Gasteiger partial charge in [-0.1, -0.05) is 149 Å². The number of rotatable bonds is 9. The van der Waals surface area contributed by atoms with Gasteiger partial charge in [-0.2, -0.15) is 0 Å². The molecule has 0 atom stereocenters. The SMILES string of the molecule is Cc1cc(C)cc(C2(C)c3cc(N(c4ccc(-c5cc(C)ccc5C)cc4)c4c(C)cc(C)cc4C)ccc3-c3ccc(N(c4ccc(-c5cc(C)ccc5C)cc4)c4c(C)cc(C)cc4C)cc32)c1. The predicted octanol–water partition coefficient (Wildman–Crippen LogP) is 19.0. The number of aryl methyl sites for hydroxylation is 12. The van der Waals surface area contributed by atoms with Crippen LogP contribution in [0.1, 0.15) is 90.4 Å². The topological polar surface area (TPSA) is 6.48 Å². The van der Waals surface area contributed by atoms with E-state index >= 15 is 0 Å². The van der Waals surface area contributed by atoms with Gasteiger partial charge in [-0.25, -0.2) is 0 Å². The molecule has 2 nitrogen and oxygen atoms in total. The largest absolute Gasteiger partial charge is 0.310 e. The number of anilines is 6. The predicted molar refractivity (Wildman–Crippen MR) is 301 cm³/mol. The Hall–Kier alpha value is -7.42. The summed E-state index contributed by atoms with van der Waals surface area (Å²) in [7, 11) is 0. The fourth-order valence-corrected chi connectivity index (χ4v) is 11.9. The Bertz CT molecular complexity index is 3240. The van der Waals surface area contributed by atoms with E-state index in [1.54, 1.807) is 0 Å². The second kappa shape index (κ2) is 17.8. The van der Waals surface area contributed by atoms with Gasteiger partial charge in [0.25, 0.3) is 0 Å². The Kier molecular flexibility index (Phi) is 11.8. The van der Waals surface area contributed by atoms with Crippen LogP contribution in [0.15, 0.2) is 164 Å². The van der Waals surface area contributed by atoms with Crippen LogP contribution in [-0.2, 0) is 5.41 Å². The lowest BCUT2D eigenvalue weighted by atomic mass is 9.73. The van der Waals surface area contributed by atoms with Crippen LogP contribution in [0.5, 0.6) is 0 Å². The first-order valence-electron chi connectivity index (χ1n) is 25.0. The summed E-state index contributed by atoms with van der Waals surface area (Å²) in [5, 5.41) is 0. The Morgan fingerprint density at radius 3 is 0.986 bits per heavy atom. The summed E-state index contributed by atoms with van der Waals surface area (Å²) in [6.45, 7) is 29.2. The molecule has 1 aliphatic carbocycles. The number of benzene rings is 9. The van der Waals surface area contributed by atoms with Gasteiger partial charge < -0.3 is 9.80 Å². The van der Waals surface area contributed by atoms with Gasteiger partial charge in [0, 0.05) is 28.2 Å². The van der Waals surface area contributed by atoms with Crippen LogP contribution in [0.2, 0.25) is 0 Å². The minimum Gasteiger partial charge on any atom is -0.310 e. The van der Waals surface area contributed by atoms with E-state index in [9.17, 15) is 0 Å². The molecule has 10 rings (SSSR count). The molecule has 0 spiro atoms. The molecule has 9 aromatic carbocycles. The molecule has 70 heavy (non-hydrogen) atoms. The molecule has 0 heterocycles. The molecule has 0 radical (unpaired) electrons. The first-order chi connectivity index (χ1) is 33.5. The molecule has 0 aliphatic heterocycles. The van der Waals surface area contributed by atoms with Crippen LogP contribution < -0.4 is 9.80 Å². The second-order valence-electron chi connectivity index (χ2n) is 20.9. The Balaban J connectivity index is 1.17. The molecule has 9 aromatic rings. The maximum absolute atomic E-state index is 2.50. The number of hydrogen-bond acceptors (Lipinski definition) is 2. The third-order valence-electron chi connectivity index (χ3n) is 15.1. The molecule has 0 saturated carbocycles. The molecule has 0 amide bonds. The third-order valence-corrected chi connectivity index (χ3v) is 15.1. The summed E-state index contributed by atoms with van der Waals surface area (Å²) in [6, 6.07) is 62.8. The van der Waals surface area contributed by atoms with Gasteiger partial charge in [-0.05, 0) is 222 Å². The van der Waals surface area contributed by atoms with E-state index < -0.39 is 5.41 Å². The van der Waals surface area contributed by atoms with Crippen molar-refractivity contribution in [2.24, 2.45) is 0 Å². The van der Waals surface area contributed by atoms with Crippen LogP contribution in [0.3, 0.4) is 0 Å². The molecule has 348 valence electrons. The standard InChI is InChI=1S/C68H66N2/c1-41-14-16-47(7)62(37-41)53-18-22-56(23-19-53)69(66-49(9)31-45(5)32-50(66)10)58-26-28-60-61-29-27-59(40-65(61)68(13,64(60)39-58)55-35-43(3)30-44(4)36-55)70(67-51(11)33-46(6)34-52(67)12)57-24-20-54(21-25-57)63-38-42(2)15-17-48(63)8/h14-40H,1-13H3. The van der Waals surface area contributed by atoms with Crippen molar-refractivity contribution >= 4 is 34.1 Å². The van der Waals surface area contributed by atoms with Crippen molar-refractivity contribution < 1.29 is 0 Å². The summed E-state index contributed by atoms with van der Waals surface area (Å²) in [5.74, 6) is 0. The molecule has 2 heteroatoms. The monoisotopic (exact) mass is 911 g/mol. The Morgan fingerprint density at radius 2 is 0.614 bits per heavy atom. The molecular weight excluding hydrogens is 845 g/mol. The number of hydrogen-bond donors (Lipinski definition) is 0. The van der Waals surface area contributed by atoms with Crippen LogP contribution in [0.4, 0.5) is 34.1 Å². The lowest BCUT2D eigenvalue weighted by Gasteiger charge is -2.33. The van der Waals surface area contributed by atoms with Crippen molar-refractivity contribution in [1.82, 2.24) is 0 Å². The van der Waals surface area contributed by atoms with Crippen molar-refractivity contribution in [1.29, 1.82) is 0 Å². The number of fused-ring (bicyclic) bond motifs is 3. The highest BCUT2D eigenvalue weighted by Gasteiger charge is 2.42. The van der Waals surface area contributed by atoms with Crippen molar-refractivity contribution in [3.63, 3.8) is 0 Å². The first kappa shape index (κ1) is 46.3. The highest BCUT2D eigenvalue weighted by molar-refractivity contribution is 5.91. The second-order valence-corrected chi connectivity index (χ2v) is 20.9. The summed E-state index contributed by atoms with van der Waals surface area (Å²) >= 11 is 0. The summed E-state index contributed by atoms with van der Waals surface area (Å²) in [6.07, 6.45) is 0. The van der Waals surface area contributed by atoms with E-state index in [1.165, 1.54) is 128 Å². The van der Waals surface area contributed by atoms with Crippen LogP contribution in [0, 0.1) is 83.1 Å². The average Bonchev–Trinajstić information content (AvgIpc) is 3.57. The van der Waals surface area contributed by atoms with Crippen LogP contribution >= 0.6 is 0 Å². The molecule has 0 N–H and O–H groups in total. The van der Waals surface area contributed by atoms with E-state index in [4.69, 9.17) is 0 Å². The molecule has 0 unspecified atom stereocenters. The van der Waals surface area contributed by atoms with E-state index in [0.717, 1.165) is 22.7 Å². The zero-order valence-corrected chi connectivity index (χ0v) is 43.5. The van der Waals surface area contributed by atoms with Crippen molar-refractivity contribution in [3.8, 4) is 33.4 Å². The highest BCUT2D eigenvalue weighted by Crippen LogP contribution is 2.56. The minimum absolute atomic E-state index is 0.474. The Morgan fingerprint density at radius 1 is 0.271 bits per heavy atom. The van der Waals surface area contributed by atoms with E-state index in [0.29, 0.717) is 0 Å². The van der Waals surface area contributed by atoms with Gasteiger partial charge in [0.05, 0.1) is 11.4 Å². The maximum atomic E-state index is 2.50. The molecular formula is C68H66N2. The summed E-state index contributed by atoms with van der Waals surface area (Å²) in [4.78, 5) is 5.00. The van der Waals surface area contributed by atoms with Crippen LogP contribution in [0.25, 0.3) is 33.4 Å². The molecule has 0 saturated heterocycles. The fourth-order valence-electron chi connectivity index (χ4n) is 11.9. The van der Waals surface area contributed by atoms with Gasteiger partial charge >= 0.3 is 0 Å². The molecule has 0 fully saturated rings. The van der Waals surface area contributed by atoms with Gasteiger partial charge in [0.1, 0.15) is 0 Å². The highest BCUT2D eigenvalue weighted by atomic mass is 15.2. The zero-order chi connectivity index (χ0) is 49.3. The molecule has 0 bridgehead atoms. The van der Waals surface area contributed by atoms with E-state index in [2.05, 4.69) is 264 Å². The minimum atomic E-state index is -0.474. The lowest BCUT2D eigenvalue weighted by molar-refractivity contribution is 0.712. The maximum Gasteiger partial charge on any atom is 0.0520 e. The zero-order valence-electron chi connectivity index (χ0n) is 43.5. The molecule has 1 aliphatic rings. The van der Waals surface area contributed by atoms with Crippen molar-refractivity contribution in [2.45, 2.75) is 95.4 Å². The summed E-state index contributed by atoms with van der Waals surface area (Å²) < 4.78 is 0. The Labute approximate surface area is 418 Å². The smallest absolute Gasteiger partial charge is 0.0520 e. The van der Waals surface area contributed by atoms with E-state index in [-0.39, 0.29) is 0 Å². The van der Waals surface area contributed by atoms with Gasteiger partial charge in [-0.15, -0.1) is 0 Å². The average molecular weight is 911 g/mol. The van der Waals surface area contributed by atoms with Crippen molar-refractivity contribution in [3.05, 3.63) is 247 Å². The normalized spacial score (nSPS) is 12.5. The lowest BCUT2D eigenvalue weighted by Crippen LogP contribution is -2.24. The van der Waals surface area contributed by atoms with E-state index in [1.807, 2.05) is 0 Å². The summed E-state index contributed by atoms with van der Waals surface area (Å²) in [5.41, 5.74) is 33.2. The molecule has 0 aromatic heterocycles. The third kappa shape index (κ3) is 8.14. The fraction of sp³-hybridized carbons (Fsp3) is 0.206. The quantitative estimate of drug-likeness (QED) is 0.142. The number of nitrogens with zero attached hydrogens (tertiary/aromatic N) is 2. The first-order valence-corrected chi connectivity index (χ1v) is 25.0. The van der Waals surface area contributed by atoms with Gasteiger partial charge in [0.15, 0.2) is 0 Å². The van der Waals surface area contributed by atoms with Crippen molar-refractivity contribution in [2.75, 3.05) is 9.80 Å².